The number of aromatic nitrogens is 1. The lowest BCUT2D eigenvalue weighted by Gasteiger charge is -2.33. The van der Waals surface area contributed by atoms with Gasteiger partial charge in [-0.3, -0.25) is 4.90 Å². The fourth-order valence-corrected chi connectivity index (χ4v) is 3.62. The number of hydrogen-bond donors (Lipinski definition) is 1. The number of likely N-dealkylation sites (tertiary alicyclic amines) is 1. The number of piperidine rings is 1. The Bertz CT molecular complexity index is 593. The third kappa shape index (κ3) is 3.51. The second kappa shape index (κ2) is 6.26. The maximum Gasteiger partial charge on any atom is 0.123 e. The number of aliphatic hydroxyl groups is 1. The highest BCUT2D eigenvalue weighted by atomic mass is 32.1. The molecule has 1 aromatic heterocycles. The molecule has 4 heteroatoms. The van der Waals surface area contributed by atoms with Crippen LogP contribution in [0.3, 0.4) is 0 Å². The first-order chi connectivity index (χ1) is 10.1. The van der Waals surface area contributed by atoms with E-state index in [0.29, 0.717) is 5.92 Å². The van der Waals surface area contributed by atoms with E-state index in [-0.39, 0.29) is 6.10 Å². The molecule has 0 radical (unpaired) electrons. The molecule has 0 amide bonds. The van der Waals surface area contributed by atoms with E-state index in [1.807, 2.05) is 0 Å². The maximum atomic E-state index is 9.80. The highest BCUT2D eigenvalue weighted by Gasteiger charge is 2.24. The largest absolute Gasteiger partial charge is 0.393 e. The summed E-state index contributed by atoms with van der Waals surface area (Å²) in [5, 5.41) is 13.0. The standard InChI is InChI=1S/C17H22N2OS/c1-12-3-5-14(6-4-12)17-18-15(11-21-17)10-19-8-7-16(20)13(2)9-19/h3-6,11,13,16,20H,7-10H2,1-2H3. The van der Waals surface area contributed by atoms with Gasteiger partial charge in [-0.25, -0.2) is 4.98 Å². The molecule has 2 aromatic rings. The zero-order valence-electron chi connectivity index (χ0n) is 12.6. The summed E-state index contributed by atoms with van der Waals surface area (Å²) < 4.78 is 0. The summed E-state index contributed by atoms with van der Waals surface area (Å²) in [6.07, 6.45) is 0.732. The van der Waals surface area contributed by atoms with E-state index < -0.39 is 0 Å². The molecule has 3 nitrogen and oxygen atoms in total. The lowest BCUT2D eigenvalue weighted by molar-refractivity contribution is 0.0316. The minimum Gasteiger partial charge on any atom is -0.393 e. The summed E-state index contributed by atoms with van der Waals surface area (Å²) in [5.74, 6) is 0.356. The van der Waals surface area contributed by atoms with E-state index in [4.69, 9.17) is 4.98 Å². The molecule has 2 heterocycles. The fourth-order valence-electron chi connectivity index (χ4n) is 2.80. The van der Waals surface area contributed by atoms with E-state index in [1.54, 1.807) is 11.3 Å². The molecule has 1 N–H and O–H groups in total. The maximum absolute atomic E-state index is 9.80. The van der Waals surface area contributed by atoms with E-state index in [1.165, 1.54) is 11.1 Å². The number of aryl methyl sites for hydroxylation is 1. The van der Waals surface area contributed by atoms with Crippen LogP contribution in [0, 0.1) is 12.8 Å². The molecule has 0 aliphatic carbocycles. The van der Waals surface area contributed by atoms with Crippen molar-refractivity contribution in [3.8, 4) is 10.6 Å². The number of nitrogens with zero attached hydrogens (tertiary/aromatic N) is 2. The number of thiazole rings is 1. The molecular formula is C17H22N2OS. The van der Waals surface area contributed by atoms with Gasteiger partial charge in [-0.1, -0.05) is 36.8 Å². The minimum absolute atomic E-state index is 0.139. The van der Waals surface area contributed by atoms with Crippen LogP contribution in [0.5, 0.6) is 0 Å². The van der Waals surface area contributed by atoms with E-state index in [9.17, 15) is 5.11 Å². The van der Waals surface area contributed by atoms with Crippen molar-refractivity contribution in [1.29, 1.82) is 0 Å². The van der Waals surface area contributed by atoms with Gasteiger partial charge < -0.3 is 5.11 Å². The Morgan fingerprint density at radius 3 is 2.81 bits per heavy atom. The number of aliphatic hydroxyl groups excluding tert-OH is 1. The highest BCUT2D eigenvalue weighted by molar-refractivity contribution is 7.13. The van der Waals surface area contributed by atoms with Gasteiger partial charge in [0.25, 0.3) is 0 Å². The summed E-state index contributed by atoms with van der Waals surface area (Å²) in [5.41, 5.74) is 3.61. The van der Waals surface area contributed by atoms with Crippen molar-refractivity contribution in [2.24, 2.45) is 5.92 Å². The average Bonchev–Trinajstić information content (AvgIpc) is 2.92. The first-order valence-electron chi connectivity index (χ1n) is 7.53. The predicted octanol–water partition coefficient (Wildman–Crippen LogP) is 3.32. The van der Waals surface area contributed by atoms with Crippen LogP contribution >= 0.6 is 11.3 Å². The average molecular weight is 302 g/mol. The highest BCUT2D eigenvalue weighted by Crippen LogP contribution is 2.25. The van der Waals surface area contributed by atoms with Crippen molar-refractivity contribution >= 4 is 11.3 Å². The Hall–Kier alpha value is -1.23. The van der Waals surface area contributed by atoms with Crippen LogP contribution in [-0.2, 0) is 6.54 Å². The Kier molecular flexibility index (Phi) is 4.38. The molecule has 1 aliphatic rings. The van der Waals surface area contributed by atoms with Gasteiger partial charge in [0.15, 0.2) is 0 Å². The normalized spacial score (nSPS) is 23.4. The van der Waals surface area contributed by atoms with E-state index >= 15 is 0 Å². The molecular weight excluding hydrogens is 280 g/mol. The Morgan fingerprint density at radius 2 is 2.10 bits per heavy atom. The molecule has 3 rings (SSSR count). The molecule has 0 bridgehead atoms. The molecule has 1 aromatic carbocycles. The summed E-state index contributed by atoms with van der Waals surface area (Å²) in [6.45, 7) is 7.03. The summed E-state index contributed by atoms with van der Waals surface area (Å²) in [7, 11) is 0. The Balaban J connectivity index is 1.66. The Morgan fingerprint density at radius 1 is 1.33 bits per heavy atom. The van der Waals surface area contributed by atoms with E-state index in [0.717, 1.165) is 36.8 Å². The monoisotopic (exact) mass is 302 g/mol. The zero-order valence-corrected chi connectivity index (χ0v) is 13.4. The lowest BCUT2D eigenvalue weighted by Crippen LogP contribution is -2.41. The molecule has 2 unspecified atom stereocenters. The van der Waals surface area contributed by atoms with Gasteiger partial charge in [-0.2, -0.15) is 0 Å². The van der Waals surface area contributed by atoms with Crippen LogP contribution in [0.4, 0.5) is 0 Å². The fraction of sp³-hybridized carbons (Fsp3) is 0.471. The van der Waals surface area contributed by atoms with Gasteiger partial charge in [0.2, 0.25) is 0 Å². The molecule has 1 fully saturated rings. The van der Waals surface area contributed by atoms with Crippen molar-refractivity contribution in [3.05, 3.63) is 40.9 Å². The molecule has 0 spiro atoms. The molecule has 2 atom stereocenters. The minimum atomic E-state index is -0.139. The number of hydrogen-bond acceptors (Lipinski definition) is 4. The second-order valence-electron chi connectivity index (χ2n) is 6.08. The summed E-state index contributed by atoms with van der Waals surface area (Å²) in [4.78, 5) is 7.16. The topological polar surface area (TPSA) is 36.4 Å². The zero-order chi connectivity index (χ0) is 14.8. The second-order valence-corrected chi connectivity index (χ2v) is 6.94. The smallest absolute Gasteiger partial charge is 0.123 e. The van der Waals surface area contributed by atoms with Crippen molar-refractivity contribution in [3.63, 3.8) is 0 Å². The van der Waals surface area contributed by atoms with Crippen molar-refractivity contribution < 1.29 is 5.11 Å². The molecule has 21 heavy (non-hydrogen) atoms. The molecule has 1 aliphatic heterocycles. The first kappa shape index (κ1) is 14.7. The SMILES string of the molecule is Cc1ccc(-c2nc(CN3CCC(O)C(C)C3)cs2)cc1. The predicted molar refractivity (Wildman–Crippen MR) is 87.4 cm³/mol. The quantitative estimate of drug-likeness (QED) is 0.945. The van der Waals surface area contributed by atoms with Gasteiger partial charge in [0.05, 0.1) is 11.8 Å². The van der Waals surface area contributed by atoms with Gasteiger partial charge in [-0.05, 0) is 19.3 Å². The van der Waals surface area contributed by atoms with Crippen LogP contribution < -0.4 is 0 Å². The summed E-state index contributed by atoms with van der Waals surface area (Å²) in [6, 6.07) is 8.53. The molecule has 112 valence electrons. The van der Waals surface area contributed by atoms with Gasteiger partial charge in [0, 0.05) is 30.6 Å². The molecule has 0 saturated carbocycles. The number of rotatable bonds is 3. The third-order valence-corrected chi connectivity index (χ3v) is 5.12. The van der Waals surface area contributed by atoms with Crippen LogP contribution in [0.25, 0.3) is 10.6 Å². The van der Waals surface area contributed by atoms with Crippen molar-refractivity contribution in [2.75, 3.05) is 13.1 Å². The van der Waals surface area contributed by atoms with Crippen LogP contribution in [0.15, 0.2) is 29.6 Å². The lowest BCUT2D eigenvalue weighted by atomic mass is 9.97. The van der Waals surface area contributed by atoms with Gasteiger partial charge in [0.1, 0.15) is 5.01 Å². The first-order valence-corrected chi connectivity index (χ1v) is 8.41. The summed E-state index contributed by atoms with van der Waals surface area (Å²) >= 11 is 1.71. The molecule has 1 saturated heterocycles. The van der Waals surface area contributed by atoms with Crippen LogP contribution in [0.1, 0.15) is 24.6 Å². The number of benzene rings is 1. The van der Waals surface area contributed by atoms with Crippen molar-refractivity contribution in [1.82, 2.24) is 9.88 Å². The van der Waals surface area contributed by atoms with Crippen molar-refractivity contribution in [2.45, 2.75) is 32.9 Å². The van der Waals surface area contributed by atoms with Crippen LogP contribution in [0.2, 0.25) is 0 Å². The van der Waals surface area contributed by atoms with Gasteiger partial charge >= 0.3 is 0 Å². The third-order valence-electron chi connectivity index (χ3n) is 4.18. The van der Waals surface area contributed by atoms with Crippen LogP contribution in [-0.4, -0.2) is 34.2 Å². The van der Waals surface area contributed by atoms with Gasteiger partial charge in [-0.15, -0.1) is 11.3 Å². The Labute approximate surface area is 130 Å². The van der Waals surface area contributed by atoms with E-state index in [2.05, 4.69) is 48.4 Å².